The summed E-state index contributed by atoms with van der Waals surface area (Å²) >= 11 is 0. The van der Waals surface area contributed by atoms with E-state index in [1.165, 1.54) is 38.5 Å². The maximum Gasteiger partial charge on any atom is 0.222 e. The van der Waals surface area contributed by atoms with Gasteiger partial charge in [-0.3, -0.25) is 4.79 Å². The fourth-order valence-electron chi connectivity index (χ4n) is 2.52. The monoisotopic (exact) mass is 254 g/mol. The van der Waals surface area contributed by atoms with Crippen molar-refractivity contribution >= 4 is 5.91 Å². The number of likely N-dealkylation sites (tertiary alicyclic amines) is 1. The molecule has 106 valence electrons. The lowest BCUT2D eigenvalue weighted by Crippen LogP contribution is -2.37. The molecule has 3 nitrogen and oxygen atoms in total. The minimum atomic E-state index is 0.386. The summed E-state index contributed by atoms with van der Waals surface area (Å²) < 4.78 is 0. The van der Waals surface area contributed by atoms with Crippen LogP contribution in [0, 0.1) is 5.92 Å². The van der Waals surface area contributed by atoms with Gasteiger partial charge in [-0.15, -0.1) is 0 Å². The van der Waals surface area contributed by atoms with Gasteiger partial charge in [0.1, 0.15) is 0 Å². The van der Waals surface area contributed by atoms with E-state index in [0.29, 0.717) is 5.91 Å². The minimum Gasteiger partial charge on any atom is -0.343 e. The van der Waals surface area contributed by atoms with E-state index >= 15 is 0 Å². The minimum absolute atomic E-state index is 0.386. The molecule has 1 heterocycles. The van der Waals surface area contributed by atoms with Crippen molar-refractivity contribution in [3.63, 3.8) is 0 Å². The van der Waals surface area contributed by atoms with Crippen LogP contribution < -0.4 is 5.32 Å². The van der Waals surface area contributed by atoms with E-state index in [1.807, 2.05) is 7.05 Å². The number of carbonyl (C=O) groups is 1. The molecule has 0 saturated carbocycles. The van der Waals surface area contributed by atoms with Crippen LogP contribution in [0.15, 0.2) is 0 Å². The van der Waals surface area contributed by atoms with Crippen LogP contribution in [-0.2, 0) is 4.79 Å². The van der Waals surface area contributed by atoms with E-state index in [1.54, 1.807) is 0 Å². The molecule has 1 rings (SSSR count). The van der Waals surface area contributed by atoms with Gasteiger partial charge in [-0.25, -0.2) is 0 Å². The molecule has 0 aromatic heterocycles. The highest BCUT2D eigenvalue weighted by Gasteiger charge is 2.19. The molecule has 0 aliphatic carbocycles. The number of hydrogen-bond donors (Lipinski definition) is 1. The molecule has 3 heteroatoms. The Morgan fingerprint density at radius 2 is 1.72 bits per heavy atom. The predicted octanol–water partition coefficient (Wildman–Crippen LogP) is 2.80. The molecule has 0 spiro atoms. The number of nitrogens with zero attached hydrogens (tertiary/aromatic N) is 1. The van der Waals surface area contributed by atoms with Crippen molar-refractivity contribution in [2.45, 2.75) is 58.3 Å². The molecular weight excluding hydrogens is 224 g/mol. The Bertz CT molecular complexity index is 223. The van der Waals surface area contributed by atoms with Crippen LogP contribution in [0.2, 0.25) is 0 Å². The molecule has 1 amide bonds. The van der Waals surface area contributed by atoms with Crippen molar-refractivity contribution in [2.24, 2.45) is 5.92 Å². The van der Waals surface area contributed by atoms with Crippen LogP contribution in [0.5, 0.6) is 0 Å². The average Bonchev–Trinajstić information content (AvgIpc) is 2.38. The zero-order valence-electron chi connectivity index (χ0n) is 12.2. The third-order valence-corrected chi connectivity index (χ3v) is 3.95. The van der Waals surface area contributed by atoms with Crippen molar-refractivity contribution in [2.75, 3.05) is 26.7 Å². The summed E-state index contributed by atoms with van der Waals surface area (Å²) in [4.78, 5) is 14.0. The van der Waals surface area contributed by atoms with Crippen LogP contribution in [0.1, 0.15) is 58.3 Å². The Kier molecular flexibility index (Phi) is 8.06. The Morgan fingerprint density at radius 1 is 1.11 bits per heavy atom. The lowest BCUT2D eigenvalue weighted by molar-refractivity contribution is -0.132. The van der Waals surface area contributed by atoms with Crippen molar-refractivity contribution in [1.82, 2.24) is 10.2 Å². The van der Waals surface area contributed by atoms with E-state index < -0.39 is 0 Å². The lowest BCUT2D eigenvalue weighted by Gasteiger charge is -2.30. The summed E-state index contributed by atoms with van der Waals surface area (Å²) in [6.07, 6.45) is 9.24. The molecule has 1 aliphatic heterocycles. The molecular formula is C15H30N2O. The van der Waals surface area contributed by atoms with E-state index in [9.17, 15) is 4.79 Å². The standard InChI is InChI=1S/C15H30N2O/c1-14-9-12-17(13-10-14)15(18)8-6-4-3-5-7-11-16-2/h14,16H,3-13H2,1-2H3. The summed E-state index contributed by atoms with van der Waals surface area (Å²) in [5, 5.41) is 3.16. The molecule has 0 bridgehead atoms. The highest BCUT2D eigenvalue weighted by Crippen LogP contribution is 2.17. The molecule has 1 fully saturated rings. The van der Waals surface area contributed by atoms with Gasteiger partial charge in [0, 0.05) is 19.5 Å². The first-order chi connectivity index (χ1) is 8.74. The van der Waals surface area contributed by atoms with Gasteiger partial charge in [-0.05, 0) is 45.2 Å². The van der Waals surface area contributed by atoms with Crippen molar-refractivity contribution in [3.05, 3.63) is 0 Å². The number of carbonyl (C=O) groups excluding carboxylic acids is 1. The van der Waals surface area contributed by atoms with Gasteiger partial charge < -0.3 is 10.2 Å². The van der Waals surface area contributed by atoms with Crippen LogP contribution in [0.25, 0.3) is 0 Å². The van der Waals surface area contributed by atoms with Gasteiger partial charge in [-0.1, -0.05) is 26.2 Å². The van der Waals surface area contributed by atoms with Gasteiger partial charge in [-0.2, -0.15) is 0 Å². The highest BCUT2D eigenvalue weighted by atomic mass is 16.2. The van der Waals surface area contributed by atoms with Gasteiger partial charge in [0.25, 0.3) is 0 Å². The first kappa shape index (κ1) is 15.5. The molecule has 0 aromatic carbocycles. The normalized spacial score (nSPS) is 17.1. The number of nitrogens with one attached hydrogen (secondary N) is 1. The maximum absolute atomic E-state index is 12.0. The Balaban J connectivity index is 1.96. The van der Waals surface area contributed by atoms with Gasteiger partial charge in [0.2, 0.25) is 5.91 Å². The number of piperidine rings is 1. The molecule has 18 heavy (non-hydrogen) atoms. The molecule has 1 N–H and O–H groups in total. The number of rotatable bonds is 8. The van der Waals surface area contributed by atoms with E-state index in [2.05, 4.69) is 17.1 Å². The lowest BCUT2D eigenvalue weighted by atomic mass is 9.99. The van der Waals surface area contributed by atoms with Crippen molar-refractivity contribution in [1.29, 1.82) is 0 Å². The largest absolute Gasteiger partial charge is 0.343 e. The zero-order chi connectivity index (χ0) is 13.2. The summed E-state index contributed by atoms with van der Waals surface area (Å²) in [5.74, 6) is 1.19. The molecule has 1 saturated heterocycles. The van der Waals surface area contributed by atoms with Crippen molar-refractivity contribution < 1.29 is 4.79 Å². The number of amides is 1. The van der Waals surface area contributed by atoms with Crippen LogP contribution in [0.4, 0.5) is 0 Å². The first-order valence-corrected chi connectivity index (χ1v) is 7.66. The quantitative estimate of drug-likeness (QED) is 0.676. The van der Waals surface area contributed by atoms with E-state index in [0.717, 1.165) is 38.4 Å². The second-order valence-electron chi connectivity index (χ2n) is 5.68. The number of hydrogen-bond acceptors (Lipinski definition) is 2. The van der Waals surface area contributed by atoms with Crippen LogP contribution >= 0.6 is 0 Å². The second kappa shape index (κ2) is 9.37. The third kappa shape index (κ3) is 6.39. The smallest absolute Gasteiger partial charge is 0.222 e. The third-order valence-electron chi connectivity index (χ3n) is 3.95. The van der Waals surface area contributed by atoms with Gasteiger partial charge >= 0.3 is 0 Å². The predicted molar refractivity (Wildman–Crippen MR) is 76.6 cm³/mol. The summed E-state index contributed by atoms with van der Waals surface area (Å²) in [6.45, 7) is 5.38. The average molecular weight is 254 g/mol. The van der Waals surface area contributed by atoms with Gasteiger partial charge in [0.05, 0.1) is 0 Å². The fourth-order valence-corrected chi connectivity index (χ4v) is 2.52. The summed E-state index contributed by atoms with van der Waals surface area (Å²) in [5.41, 5.74) is 0. The molecule has 0 radical (unpaired) electrons. The molecule has 0 aromatic rings. The van der Waals surface area contributed by atoms with Crippen molar-refractivity contribution in [3.8, 4) is 0 Å². The van der Waals surface area contributed by atoms with Gasteiger partial charge in [0.15, 0.2) is 0 Å². The Morgan fingerprint density at radius 3 is 2.39 bits per heavy atom. The highest BCUT2D eigenvalue weighted by molar-refractivity contribution is 5.76. The van der Waals surface area contributed by atoms with E-state index in [-0.39, 0.29) is 0 Å². The summed E-state index contributed by atoms with van der Waals surface area (Å²) in [7, 11) is 2.00. The van der Waals surface area contributed by atoms with Crippen LogP contribution in [-0.4, -0.2) is 37.5 Å². The molecule has 1 aliphatic rings. The topological polar surface area (TPSA) is 32.3 Å². The van der Waals surface area contributed by atoms with E-state index in [4.69, 9.17) is 0 Å². The summed E-state index contributed by atoms with van der Waals surface area (Å²) in [6, 6.07) is 0. The maximum atomic E-state index is 12.0. The molecule has 0 atom stereocenters. The zero-order valence-corrected chi connectivity index (χ0v) is 12.2. The Labute approximate surface area is 112 Å². The fraction of sp³-hybridized carbons (Fsp3) is 0.933. The van der Waals surface area contributed by atoms with Crippen LogP contribution in [0.3, 0.4) is 0 Å². The first-order valence-electron chi connectivity index (χ1n) is 7.66. The SMILES string of the molecule is CNCCCCCCCC(=O)N1CCC(C)CC1. The molecule has 0 unspecified atom stereocenters. The number of unbranched alkanes of at least 4 members (excludes halogenated alkanes) is 4. The second-order valence-corrected chi connectivity index (χ2v) is 5.68. The Hall–Kier alpha value is -0.570.